The lowest BCUT2D eigenvalue weighted by atomic mass is 10.1. The average molecular weight is 812 g/mol. The van der Waals surface area contributed by atoms with Gasteiger partial charge >= 0.3 is 19.8 Å². The van der Waals surface area contributed by atoms with Crippen molar-refractivity contribution in [1.29, 1.82) is 0 Å². The van der Waals surface area contributed by atoms with Crippen molar-refractivity contribution in [2.24, 2.45) is 0 Å². The molecule has 0 aromatic carbocycles. The van der Waals surface area contributed by atoms with E-state index >= 15 is 0 Å². The first-order valence-corrected chi connectivity index (χ1v) is 23.2. The number of ether oxygens (including phenoxy) is 1. The number of esters is 1. The molecule has 3 unspecified atom stereocenters. The number of carboxylic acid groups (broad SMARTS) is 1. The highest BCUT2D eigenvalue weighted by Gasteiger charge is 2.28. The molecule has 0 aliphatic heterocycles. The van der Waals surface area contributed by atoms with E-state index in [0.717, 1.165) is 83.5 Å². The number of phosphoric acid groups is 1. The number of aliphatic carboxylic acids is 1. The van der Waals surface area contributed by atoms with Gasteiger partial charge in [-0.1, -0.05) is 159 Å². The monoisotopic (exact) mass is 812 g/mol. The number of carboxylic acids is 1. The molecule has 0 aliphatic carbocycles. The summed E-state index contributed by atoms with van der Waals surface area (Å²) in [5.74, 6) is -2.39. The van der Waals surface area contributed by atoms with Crippen LogP contribution in [-0.2, 0) is 32.7 Å². The van der Waals surface area contributed by atoms with Crippen molar-refractivity contribution in [2.45, 2.75) is 193 Å². The highest BCUT2D eigenvalue weighted by Crippen LogP contribution is 2.43. The standard InChI is InChI=1S/C44H78NO10P/c1-3-5-7-9-11-13-14-15-16-17-18-19-20-21-22-23-24-25-26-28-29-31-33-35-42(47)45-41(44(49)50)39-55-56(51,52)54-38-40(46)37-53-43(48)36-34-32-30-27-12-10-8-6-4-2/h11,13,15-16,18-19,21-22,40-41,46H,3-10,12,14,17,20,23-39H2,1-2H3,(H,45,47)(H,49,50)(H,51,52)/b13-11-,16-15-,19-18-,22-21-. The van der Waals surface area contributed by atoms with Crippen molar-refractivity contribution in [3.8, 4) is 0 Å². The minimum Gasteiger partial charge on any atom is -0.480 e. The minimum absolute atomic E-state index is 0.132. The van der Waals surface area contributed by atoms with Gasteiger partial charge in [0.05, 0.1) is 13.2 Å². The smallest absolute Gasteiger partial charge is 0.472 e. The summed E-state index contributed by atoms with van der Waals surface area (Å²) in [6, 6.07) is -1.55. The van der Waals surface area contributed by atoms with E-state index in [-0.39, 0.29) is 12.8 Å². The molecular formula is C44H78NO10P. The molecule has 0 fully saturated rings. The van der Waals surface area contributed by atoms with Gasteiger partial charge in [0.1, 0.15) is 12.7 Å². The quantitative estimate of drug-likeness (QED) is 0.0202. The number of carbonyl (C=O) groups is 3. The van der Waals surface area contributed by atoms with E-state index in [1.807, 2.05) is 0 Å². The Morgan fingerprint density at radius 3 is 1.50 bits per heavy atom. The van der Waals surface area contributed by atoms with E-state index in [1.165, 1.54) is 57.8 Å². The lowest BCUT2D eigenvalue weighted by Gasteiger charge is -2.18. The number of amides is 1. The Bertz CT molecular complexity index is 1140. The van der Waals surface area contributed by atoms with Gasteiger partial charge in [0, 0.05) is 12.8 Å². The predicted molar refractivity (Wildman–Crippen MR) is 226 cm³/mol. The summed E-state index contributed by atoms with van der Waals surface area (Å²) in [7, 11) is -4.75. The maximum absolute atomic E-state index is 12.3. The highest BCUT2D eigenvalue weighted by atomic mass is 31.2. The van der Waals surface area contributed by atoms with Crippen LogP contribution < -0.4 is 5.32 Å². The molecule has 0 aromatic heterocycles. The molecular weight excluding hydrogens is 733 g/mol. The van der Waals surface area contributed by atoms with E-state index in [1.54, 1.807) is 0 Å². The Morgan fingerprint density at radius 2 is 0.982 bits per heavy atom. The lowest BCUT2D eigenvalue weighted by molar-refractivity contribution is -0.147. The fourth-order valence-electron chi connectivity index (χ4n) is 5.71. The van der Waals surface area contributed by atoms with Crippen molar-refractivity contribution < 1.29 is 47.8 Å². The van der Waals surface area contributed by atoms with Gasteiger partial charge in [-0.2, -0.15) is 0 Å². The van der Waals surface area contributed by atoms with Gasteiger partial charge in [-0.3, -0.25) is 18.6 Å². The van der Waals surface area contributed by atoms with Gasteiger partial charge in [0.2, 0.25) is 5.91 Å². The zero-order valence-electron chi connectivity index (χ0n) is 34.9. The van der Waals surface area contributed by atoms with Crippen molar-refractivity contribution in [3.63, 3.8) is 0 Å². The number of hydrogen-bond acceptors (Lipinski definition) is 8. The molecule has 0 aliphatic rings. The number of carbonyl (C=O) groups excluding carboxylic acids is 2. The lowest BCUT2D eigenvalue weighted by Crippen LogP contribution is -2.43. The third kappa shape index (κ3) is 38.3. The van der Waals surface area contributed by atoms with Gasteiger partial charge < -0.3 is 25.2 Å². The number of aliphatic hydroxyl groups is 1. The van der Waals surface area contributed by atoms with Crippen LogP contribution in [0, 0.1) is 0 Å². The van der Waals surface area contributed by atoms with E-state index in [9.17, 15) is 34.1 Å². The first kappa shape index (κ1) is 53.4. The number of allylic oxidation sites excluding steroid dienone is 8. The van der Waals surface area contributed by atoms with Crippen LogP contribution >= 0.6 is 7.82 Å². The van der Waals surface area contributed by atoms with Gasteiger partial charge in [0.15, 0.2) is 6.04 Å². The second-order valence-electron chi connectivity index (χ2n) is 14.5. The van der Waals surface area contributed by atoms with Crippen LogP contribution in [0.4, 0.5) is 0 Å². The zero-order valence-corrected chi connectivity index (χ0v) is 35.8. The third-order valence-corrected chi connectivity index (χ3v) is 10.1. The normalized spacial score (nSPS) is 14.2. The van der Waals surface area contributed by atoms with Crippen LogP contribution in [0.15, 0.2) is 48.6 Å². The molecule has 0 spiro atoms. The topological polar surface area (TPSA) is 169 Å². The van der Waals surface area contributed by atoms with Crippen molar-refractivity contribution in [3.05, 3.63) is 48.6 Å². The molecule has 12 heteroatoms. The molecule has 0 aromatic rings. The first-order chi connectivity index (χ1) is 27.1. The Hall–Kier alpha value is -2.56. The van der Waals surface area contributed by atoms with Crippen molar-refractivity contribution in [2.75, 3.05) is 19.8 Å². The Balaban J connectivity index is 3.92. The molecule has 1 amide bonds. The Labute approximate surface area is 339 Å². The molecule has 4 N–H and O–H groups in total. The van der Waals surface area contributed by atoms with Crippen LogP contribution in [0.5, 0.6) is 0 Å². The Kier molecular flexibility index (Phi) is 37.5. The molecule has 11 nitrogen and oxygen atoms in total. The first-order valence-electron chi connectivity index (χ1n) is 21.7. The highest BCUT2D eigenvalue weighted by molar-refractivity contribution is 7.47. The number of hydrogen-bond donors (Lipinski definition) is 4. The molecule has 324 valence electrons. The van der Waals surface area contributed by atoms with Crippen LogP contribution in [0.2, 0.25) is 0 Å². The van der Waals surface area contributed by atoms with E-state index in [0.29, 0.717) is 12.8 Å². The maximum atomic E-state index is 12.3. The summed E-state index contributed by atoms with van der Waals surface area (Å²) >= 11 is 0. The minimum atomic E-state index is -4.75. The SMILES string of the molecule is CCCCC/C=C\C/C=C\C/C=C\C/C=C\CCCCCCCCCC(=O)NC(COP(=O)(O)OCC(O)COC(=O)CCCCCCCCCCC)C(=O)O. The van der Waals surface area contributed by atoms with E-state index in [4.69, 9.17) is 13.8 Å². The molecule has 0 saturated heterocycles. The van der Waals surface area contributed by atoms with Gasteiger partial charge in [-0.05, 0) is 57.8 Å². The average Bonchev–Trinajstić information content (AvgIpc) is 3.17. The summed E-state index contributed by atoms with van der Waals surface area (Å²) in [5.41, 5.74) is 0. The fraction of sp³-hybridized carbons (Fsp3) is 0.750. The largest absolute Gasteiger partial charge is 0.480 e. The summed E-state index contributed by atoms with van der Waals surface area (Å²) in [6.07, 6.45) is 42.9. The summed E-state index contributed by atoms with van der Waals surface area (Å²) in [6.45, 7) is 2.52. The molecule has 0 saturated carbocycles. The summed E-state index contributed by atoms with van der Waals surface area (Å²) in [4.78, 5) is 45.8. The van der Waals surface area contributed by atoms with Gasteiger partial charge in [-0.15, -0.1) is 0 Å². The third-order valence-electron chi connectivity index (χ3n) is 9.12. The molecule has 0 radical (unpaired) electrons. The molecule has 0 rings (SSSR count). The summed E-state index contributed by atoms with van der Waals surface area (Å²) < 4.78 is 26.7. The van der Waals surface area contributed by atoms with Crippen LogP contribution in [0.3, 0.4) is 0 Å². The van der Waals surface area contributed by atoms with Gasteiger partial charge in [0.25, 0.3) is 0 Å². The fourth-order valence-corrected chi connectivity index (χ4v) is 6.48. The predicted octanol–water partition coefficient (Wildman–Crippen LogP) is 11.0. The maximum Gasteiger partial charge on any atom is 0.472 e. The van der Waals surface area contributed by atoms with E-state index < -0.39 is 57.6 Å². The van der Waals surface area contributed by atoms with Crippen LogP contribution in [0.1, 0.15) is 181 Å². The number of aliphatic hydroxyl groups excluding tert-OH is 1. The van der Waals surface area contributed by atoms with Gasteiger partial charge in [-0.25, -0.2) is 9.36 Å². The molecule has 3 atom stereocenters. The molecule has 56 heavy (non-hydrogen) atoms. The number of unbranched alkanes of at least 4 members (excludes halogenated alkanes) is 18. The van der Waals surface area contributed by atoms with Crippen LogP contribution in [-0.4, -0.2) is 64.9 Å². The number of phosphoric ester groups is 1. The zero-order chi connectivity index (χ0) is 41.4. The van der Waals surface area contributed by atoms with Crippen molar-refractivity contribution >= 4 is 25.7 Å². The van der Waals surface area contributed by atoms with Crippen molar-refractivity contribution in [1.82, 2.24) is 5.32 Å². The van der Waals surface area contributed by atoms with E-state index in [2.05, 4.69) is 67.8 Å². The number of rotatable bonds is 40. The molecule has 0 bridgehead atoms. The number of nitrogens with one attached hydrogen (secondary N) is 1. The Morgan fingerprint density at radius 1 is 0.571 bits per heavy atom. The second kappa shape index (κ2) is 39.3. The molecule has 0 heterocycles. The second-order valence-corrected chi connectivity index (χ2v) is 16.0. The summed E-state index contributed by atoms with van der Waals surface area (Å²) in [5, 5.41) is 21.8. The van der Waals surface area contributed by atoms with Crippen LogP contribution in [0.25, 0.3) is 0 Å².